The summed E-state index contributed by atoms with van der Waals surface area (Å²) in [6, 6.07) is 8.53. The van der Waals surface area contributed by atoms with Crippen molar-refractivity contribution in [2.24, 2.45) is 0 Å². The van der Waals surface area contributed by atoms with Crippen LogP contribution in [0.3, 0.4) is 0 Å². The summed E-state index contributed by atoms with van der Waals surface area (Å²) in [4.78, 5) is 0. The molecule has 0 fully saturated rings. The van der Waals surface area contributed by atoms with Gasteiger partial charge < -0.3 is 5.32 Å². The van der Waals surface area contributed by atoms with Gasteiger partial charge in [0.15, 0.2) is 0 Å². The van der Waals surface area contributed by atoms with Crippen LogP contribution in [0.25, 0.3) is 5.70 Å². The fourth-order valence-corrected chi connectivity index (χ4v) is 1.47. The van der Waals surface area contributed by atoms with Crippen molar-refractivity contribution in [3.8, 4) is 0 Å². The van der Waals surface area contributed by atoms with E-state index in [1.165, 1.54) is 16.8 Å². The van der Waals surface area contributed by atoms with Crippen molar-refractivity contribution in [2.75, 3.05) is 6.54 Å². The average molecular weight is 171 g/mol. The number of aryl methyl sites for hydroxylation is 1. The van der Waals surface area contributed by atoms with Gasteiger partial charge in [-0.1, -0.05) is 35.9 Å². The molecular formula is C12H13N. The summed E-state index contributed by atoms with van der Waals surface area (Å²) in [5.41, 5.74) is 3.78. The van der Waals surface area contributed by atoms with Crippen LogP contribution in [0, 0.1) is 6.92 Å². The van der Waals surface area contributed by atoms with Crippen LogP contribution >= 0.6 is 0 Å². The molecule has 0 saturated carbocycles. The molecule has 0 aliphatic carbocycles. The molecule has 0 saturated heterocycles. The standard InChI is InChI=1S/C12H13N/c1-10-5-4-6-11(9-10)12-7-2-3-8-13-12/h2-7,9,13H,8H2,1H3. The van der Waals surface area contributed by atoms with Gasteiger partial charge in [0.1, 0.15) is 0 Å². The predicted molar refractivity (Wildman–Crippen MR) is 56.3 cm³/mol. The van der Waals surface area contributed by atoms with Crippen LogP contribution in [0.15, 0.2) is 42.5 Å². The fourth-order valence-electron chi connectivity index (χ4n) is 1.47. The van der Waals surface area contributed by atoms with Gasteiger partial charge in [0.2, 0.25) is 0 Å². The minimum absolute atomic E-state index is 0.930. The molecule has 1 heteroatoms. The van der Waals surface area contributed by atoms with E-state index in [1.54, 1.807) is 0 Å². The van der Waals surface area contributed by atoms with Crippen LogP contribution in [0.5, 0.6) is 0 Å². The highest BCUT2D eigenvalue weighted by Gasteiger charge is 2.00. The Morgan fingerprint density at radius 1 is 1.31 bits per heavy atom. The quantitative estimate of drug-likeness (QED) is 0.684. The minimum Gasteiger partial charge on any atom is -0.381 e. The van der Waals surface area contributed by atoms with Gasteiger partial charge in [0.25, 0.3) is 0 Å². The lowest BCUT2D eigenvalue weighted by atomic mass is 10.1. The molecule has 1 aromatic carbocycles. The van der Waals surface area contributed by atoms with Crippen LogP contribution in [0.4, 0.5) is 0 Å². The molecule has 0 radical (unpaired) electrons. The summed E-state index contributed by atoms with van der Waals surface area (Å²) in [7, 11) is 0. The summed E-state index contributed by atoms with van der Waals surface area (Å²) in [6.07, 6.45) is 6.31. The number of nitrogens with one attached hydrogen (secondary N) is 1. The smallest absolute Gasteiger partial charge is 0.0416 e. The Kier molecular flexibility index (Phi) is 2.17. The van der Waals surface area contributed by atoms with Crippen molar-refractivity contribution < 1.29 is 0 Å². The van der Waals surface area contributed by atoms with E-state index in [0.29, 0.717) is 0 Å². The first-order valence-electron chi connectivity index (χ1n) is 4.54. The largest absolute Gasteiger partial charge is 0.381 e. The highest BCUT2D eigenvalue weighted by atomic mass is 14.9. The molecule has 0 atom stereocenters. The molecule has 0 unspecified atom stereocenters. The Labute approximate surface area is 78.8 Å². The Hall–Kier alpha value is -1.50. The second kappa shape index (κ2) is 3.48. The molecule has 0 spiro atoms. The number of benzene rings is 1. The Morgan fingerprint density at radius 2 is 2.23 bits per heavy atom. The molecule has 1 aliphatic rings. The molecule has 1 N–H and O–H groups in total. The summed E-state index contributed by atoms with van der Waals surface area (Å²) in [6.45, 7) is 3.04. The third-order valence-corrected chi connectivity index (χ3v) is 2.14. The van der Waals surface area contributed by atoms with Gasteiger partial charge in [-0.15, -0.1) is 0 Å². The van der Waals surface area contributed by atoms with Gasteiger partial charge in [-0.3, -0.25) is 0 Å². The van der Waals surface area contributed by atoms with E-state index >= 15 is 0 Å². The number of hydrogen-bond donors (Lipinski definition) is 1. The third-order valence-electron chi connectivity index (χ3n) is 2.14. The van der Waals surface area contributed by atoms with E-state index in [4.69, 9.17) is 0 Å². The molecule has 1 nitrogen and oxygen atoms in total. The van der Waals surface area contributed by atoms with Crippen molar-refractivity contribution in [3.63, 3.8) is 0 Å². The maximum Gasteiger partial charge on any atom is 0.0416 e. The molecule has 2 rings (SSSR count). The second-order valence-electron chi connectivity index (χ2n) is 3.26. The molecular weight excluding hydrogens is 158 g/mol. The van der Waals surface area contributed by atoms with Gasteiger partial charge in [-0.05, 0) is 24.6 Å². The molecule has 0 bridgehead atoms. The summed E-state index contributed by atoms with van der Waals surface area (Å²) < 4.78 is 0. The van der Waals surface area contributed by atoms with Gasteiger partial charge >= 0.3 is 0 Å². The first kappa shape index (κ1) is 8.11. The molecule has 66 valence electrons. The normalized spacial score (nSPS) is 15.0. The number of rotatable bonds is 1. The third kappa shape index (κ3) is 1.81. The molecule has 1 aliphatic heterocycles. The molecule has 0 amide bonds. The van der Waals surface area contributed by atoms with E-state index < -0.39 is 0 Å². The fraction of sp³-hybridized carbons (Fsp3) is 0.167. The SMILES string of the molecule is Cc1cccc(C2=CC=CCN2)c1. The summed E-state index contributed by atoms with van der Waals surface area (Å²) >= 11 is 0. The van der Waals surface area contributed by atoms with E-state index in [-0.39, 0.29) is 0 Å². The maximum absolute atomic E-state index is 3.34. The van der Waals surface area contributed by atoms with Crippen LogP contribution in [0.2, 0.25) is 0 Å². The first-order chi connectivity index (χ1) is 6.36. The molecule has 1 aromatic rings. The zero-order valence-electron chi connectivity index (χ0n) is 7.75. The van der Waals surface area contributed by atoms with Crippen LogP contribution < -0.4 is 5.32 Å². The Balaban J connectivity index is 2.34. The molecule has 1 heterocycles. The van der Waals surface area contributed by atoms with Gasteiger partial charge in [0.05, 0.1) is 0 Å². The topological polar surface area (TPSA) is 12.0 Å². The minimum atomic E-state index is 0.930. The second-order valence-corrected chi connectivity index (χ2v) is 3.26. The number of hydrogen-bond acceptors (Lipinski definition) is 1. The zero-order chi connectivity index (χ0) is 9.10. The highest BCUT2D eigenvalue weighted by molar-refractivity contribution is 5.67. The Bertz CT molecular complexity index is 361. The van der Waals surface area contributed by atoms with Gasteiger partial charge in [-0.25, -0.2) is 0 Å². The van der Waals surface area contributed by atoms with Crippen LogP contribution in [-0.4, -0.2) is 6.54 Å². The average Bonchev–Trinajstić information content (AvgIpc) is 2.19. The van der Waals surface area contributed by atoms with Crippen molar-refractivity contribution >= 4 is 5.70 Å². The Morgan fingerprint density at radius 3 is 2.92 bits per heavy atom. The van der Waals surface area contributed by atoms with Crippen LogP contribution in [0.1, 0.15) is 11.1 Å². The van der Waals surface area contributed by atoms with Crippen molar-refractivity contribution in [3.05, 3.63) is 53.6 Å². The number of dihydropyridines is 1. The highest BCUT2D eigenvalue weighted by Crippen LogP contribution is 2.14. The molecule has 13 heavy (non-hydrogen) atoms. The predicted octanol–water partition coefficient (Wildman–Crippen LogP) is 2.50. The van der Waals surface area contributed by atoms with Crippen LogP contribution in [-0.2, 0) is 0 Å². The zero-order valence-corrected chi connectivity index (χ0v) is 7.75. The lowest BCUT2D eigenvalue weighted by Gasteiger charge is -2.12. The van der Waals surface area contributed by atoms with E-state index in [9.17, 15) is 0 Å². The lowest BCUT2D eigenvalue weighted by molar-refractivity contribution is 0.995. The van der Waals surface area contributed by atoms with Crippen molar-refractivity contribution in [1.82, 2.24) is 5.32 Å². The molecule has 0 aromatic heterocycles. The monoisotopic (exact) mass is 171 g/mol. The maximum atomic E-state index is 3.34. The summed E-state index contributed by atoms with van der Waals surface area (Å²) in [5.74, 6) is 0. The van der Waals surface area contributed by atoms with E-state index in [2.05, 4.69) is 54.7 Å². The van der Waals surface area contributed by atoms with Crippen molar-refractivity contribution in [2.45, 2.75) is 6.92 Å². The van der Waals surface area contributed by atoms with E-state index in [0.717, 1.165) is 6.54 Å². The van der Waals surface area contributed by atoms with Gasteiger partial charge in [0, 0.05) is 12.2 Å². The first-order valence-corrected chi connectivity index (χ1v) is 4.54. The summed E-state index contributed by atoms with van der Waals surface area (Å²) in [5, 5.41) is 3.34. The van der Waals surface area contributed by atoms with E-state index in [1.807, 2.05) is 0 Å². The lowest BCUT2D eigenvalue weighted by Crippen LogP contribution is -2.14. The van der Waals surface area contributed by atoms with Gasteiger partial charge in [-0.2, -0.15) is 0 Å². The number of allylic oxidation sites excluding steroid dienone is 2. The van der Waals surface area contributed by atoms with Crippen molar-refractivity contribution in [1.29, 1.82) is 0 Å².